The number of thiophene rings is 1. The Morgan fingerprint density at radius 1 is 1.29 bits per heavy atom. The van der Waals surface area contributed by atoms with Crippen molar-refractivity contribution in [2.24, 2.45) is 0 Å². The number of nitrogens with one attached hydrogen (secondary N) is 1. The lowest BCUT2D eigenvalue weighted by Gasteiger charge is -2.05. The fourth-order valence-corrected chi connectivity index (χ4v) is 2.83. The summed E-state index contributed by atoms with van der Waals surface area (Å²) >= 11 is 5.05. The third-order valence-corrected chi connectivity index (χ3v) is 3.77. The maximum Gasteiger partial charge on any atom is 0.124 e. The van der Waals surface area contributed by atoms with Gasteiger partial charge in [0, 0.05) is 22.4 Å². The molecular weight excluding hydrogens is 301 g/mol. The van der Waals surface area contributed by atoms with Gasteiger partial charge >= 0.3 is 0 Å². The normalized spacial score (nSPS) is 10.7. The zero-order valence-corrected chi connectivity index (χ0v) is 11.7. The van der Waals surface area contributed by atoms with Crippen molar-refractivity contribution >= 4 is 27.3 Å². The molecule has 0 unspecified atom stereocenters. The molecule has 0 amide bonds. The Morgan fingerprint density at radius 3 is 2.88 bits per heavy atom. The Labute approximate surface area is 113 Å². The van der Waals surface area contributed by atoms with Crippen molar-refractivity contribution in [2.75, 3.05) is 6.54 Å². The first-order chi connectivity index (χ1) is 8.24. The molecule has 0 aliphatic heterocycles. The van der Waals surface area contributed by atoms with E-state index in [2.05, 4.69) is 38.8 Å². The van der Waals surface area contributed by atoms with Gasteiger partial charge in [-0.15, -0.1) is 11.3 Å². The van der Waals surface area contributed by atoms with E-state index in [1.807, 2.05) is 6.07 Å². The van der Waals surface area contributed by atoms with Crippen LogP contribution in [0.1, 0.15) is 10.4 Å². The van der Waals surface area contributed by atoms with Gasteiger partial charge < -0.3 is 5.32 Å². The molecule has 0 spiro atoms. The summed E-state index contributed by atoms with van der Waals surface area (Å²) < 4.78 is 13.9. The van der Waals surface area contributed by atoms with Crippen LogP contribution in [-0.2, 0) is 13.0 Å². The van der Waals surface area contributed by atoms with Gasteiger partial charge in [-0.2, -0.15) is 0 Å². The van der Waals surface area contributed by atoms with Crippen molar-refractivity contribution in [2.45, 2.75) is 13.0 Å². The molecule has 1 N–H and O–H groups in total. The van der Waals surface area contributed by atoms with Gasteiger partial charge in [-0.1, -0.05) is 22.0 Å². The van der Waals surface area contributed by atoms with Crippen LogP contribution in [0.15, 0.2) is 40.2 Å². The Bertz CT molecular complexity index is 450. The average Bonchev–Trinajstić information content (AvgIpc) is 2.76. The predicted molar refractivity (Wildman–Crippen MR) is 73.8 cm³/mol. The molecular formula is C13H13BrFNS. The van der Waals surface area contributed by atoms with Crippen LogP contribution in [0, 0.1) is 5.82 Å². The lowest BCUT2D eigenvalue weighted by Crippen LogP contribution is -2.16. The van der Waals surface area contributed by atoms with Gasteiger partial charge in [0.05, 0.1) is 0 Å². The molecule has 1 aromatic heterocycles. The molecule has 1 nitrogen and oxygen atoms in total. The van der Waals surface area contributed by atoms with Crippen molar-refractivity contribution in [3.05, 3.63) is 56.4 Å². The van der Waals surface area contributed by atoms with E-state index in [9.17, 15) is 4.39 Å². The molecule has 0 radical (unpaired) electrons. The number of halogens is 2. The van der Waals surface area contributed by atoms with E-state index in [0.717, 1.165) is 23.0 Å². The molecule has 4 heteroatoms. The molecule has 1 aromatic carbocycles. The first-order valence-corrected chi connectivity index (χ1v) is 7.09. The number of hydrogen-bond donors (Lipinski definition) is 1. The number of benzene rings is 1. The van der Waals surface area contributed by atoms with Crippen molar-refractivity contribution in [3.63, 3.8) is 0 Å². The Balaban J connectivity index is 1.78. The zero-order chi connectivity index (χ0) is 12.1. The molecule has 17 heavy (non-hydrogen) atoms. The third kappa shape index (κ3) is 4.22. The second-order valence-electron chi connectivity index (χ2n) is 3.78. The molecule has 2 rings (SSSR count). The summed E-state index contributed by atoms with van der Waals surface area (Å²) in [5, 5.41) is 5.40. The lowest BCUT2D eigenvalue weighted by molar-refractivity contribution is 0.619. The smallest absolute Gasteiger partial charge is 0.124 e. The molecule has 1 heterocycles. The van der Waals surface area contributed by atoms with E-state index in [-0.39, 0.29) is 5.82 Å². The van der Waals surface area contributed by atoms with Gasteiger partial charge in [0.15, 0.2) is 0 Å². The quantitative estimate of drug-likeness (QED) is 0.823. The van der Waals surface area contributed by atoms with E-state index in [0.29, 0.717) is 6.54 Å². The van der Waals surface area contributed by atoms with Crippen LogP contribution >= 0.6 is 27.3 Å². The molecule has 0 bridgehead atoms. The minimum absolute atomic E-state index is 0.200. The maximum absolute atomic E-state index is 13.1. The largest absolute Gasteiger partial charge is 0.312 e. The summed E-state index contributed by atoms with van der Waals surface area (Å²) in [7, 11) is 0. The second kappa shape index (κ2) is 6.28. The lowest BCUT2D eigenvalue weighted by atomic mass is 10.2. The van der Waals surface area contributed by atoms with E-state index >= 15 is 0 Å². The molecule has 2 aromatic rings. The van der Waals surface area contributed by atoms with Crippen LogP contribution in [0.5, 0.6) is 0 Å². The van der Waals surface area contributed by atoms with Crippen LogP contribution in [0.3, 0.4) is 0 Å². The Morgan fingerprint density at radius 2 is 2.18 bits per heavy atom. The highest BCUT2D eigenvalue weighted by molar-refractivity contribution is 9.10. The van der Waals surface area contributed by atoms with Gasteiger partial charge in [0.2, 0.25) is 0 Å². The highest BCUT2D eigenvalue weighted by Gasteiger charge is 1.99. The first kappa shape index (κ1) is 12.7. The fourth-order valence-electron chi connectivity index (χ4n) is 1.61. The third-order valence-electron chi connectivity index (χ3n) is 2.38. The Kier molecular flexibility index (Phi) is 4.71. The standard InChI is InChI=1S/C13H13BrFNS/c14-11-6-10(7-12(15)8-11)9-16-4-3-13-2-1-5-17-13/h1-2,5-8,16H,3-4,9H2. The van der Waals surface area contributed by atoms with Crippen molar-refractivity contribution in [3.8, 4) is 0 Å². The first-order valence-electron chi connectivity index (χ1n) is 5.42. The van der Waals surface area contributed by atoms with E-state index in [1.165, 1.54) is 10.9 Å². The number of rotatable bonds is 5. The van der Waals surface area contributed by atoms with E-state index < -0.39 is 0 Å². The van der Waals surface area contributed by atoms with Gasteiger partial charge in [-0.25, -0.2) is 4.39 Å². The van der Waals surface area contributed by atoms with Gasteiger partial charge in [-0.05, 0) is 41.6 Å². The minimum Gasteiger partial charge on any atom is -0.312 e. The van der Waals surface area contributed by atoms with Crippen LogP contribution < -0.4 is 5.32 Å². The summed E-state index contributed by atoms with van der Waals surface area (Å²) in [6.45, 7) is 1.61. The fraction of sp³-hybridized carbons (Fsp3) is 0.231. The topological polar surface area (TPSA) is 12.0 Å². The van der Waals surface area contributed by atoms with E-state index in [1.54, 1.807) is 17.4 Å². The minimum atomic E-state index is -0.200. The molecule has 0 fully saturated rings. The SMILES string of the molecule is Fc1cc(Br)cc(CNCCc2cccs2)c1. The molecule has 0 aliphatic rings. The molecule has 0 saturated carbocycles. The summed E-state index contributed by atoms with van der Waals surface area (Å²) in [6, 6.07) is 9.15. The van der Waals surface area contributed by atoms with Crippen LogP contribution in [0.25, 0.3) is 0 Å². The van der Waals surface area contributed by atoms with Crippen molar-refractivity contribution < 1.29 is 4.39 Å². The predicted octanol–water partition coefficient (Wildman–Crippen LogP) is 3.98. The van der Waals surface area contributed by atoms with Gasteiger partial charge in [0.25, 0.3) is 0 Å². The molecule has 0 saturated heterocycles. The zero-order valence-electron chi connectivity index (χ0n) is 9.25. The maximum atomic E-state index is 13.1. The van der Waals surface area contributed by atoms with E-state index in [4.69, 9.17) is 0 Å². The highest BCUT2D eigenvalue weighted by atomic mass is 79.9. The number of hydrogen-bond acceptors (Lipinski definition) is 2. The Hall–Kier alpha value is -0.710. The summed E-state index contributed by atoms with van der Waals surface area (Å²) in [5.74, 6) is -0.200. The highest BCUT2D eigenvalue weighted by Crippen LogP contribution is 2.14. The van der Waals surface area contributed by atoms with Crippen molar-refractivity contribution in [1.82, 2.24) is 5.32 Å². The van der Waals surface area contributed by atoms with Gasteiger partial charge in [-0.3, -0.25) is 0 Å². The summed E-state index contributed by atoms with van der Waals surface area (Å²) in [4.78, 5) is 1.37. The van der Waals surface area contributed by atoms with Crippen LogP contribution in [-0.4, -0.2) is 6.54 Å². The summed E-state index contributed by atoms with van der Waals surface area (Å²) in [6.07, 6.45) is 1.02. The van der Waals surface area contributed by atoms with Gasteiger partial charge in [0.1, 0.15) is 5.82 Å². The molecule has 0 aliphatic carbocycles. The molecule has 90 valence electrons. The molecule has 0 atom stereocenters. The van der Waals surface area contributed by atoms with Crippen LogP contribution in [0.2, 0.25) is 0 Å². The summed E-state index contributed by atoms with van der Waals surface area (Å²) in [5.41, 5.74) is 0.961. The average molecular weight is 314 g/mol. The van der Waals surface area contributed by atoms with Crippen LogP contribution in [0.4, 0.5) is 4.39 Å². The monoisotopic (exact) mass is 313 g/mol. The van der Waals surface area contributed by atoms with Crippen molar-refractivity contribution in [1.29, 1.82) is 0 Å². The second-order valence-corrected chi connectivity index (χ2v) is 5.73.